The Kier molecular flexibility index (Phi) is 24.9. The maximum absolute atomic E-state index is 14.2. The Morgan fingerprint density at radius 2 is 0.455 bits per heavy atom. The van der Waals surface area contributed by atoms with Gasteiger partial charge < -0.3 is 74.6 Å². The van der Waals surface area contributed by atoms with E-state index in [1.165, 1.54) is 6.92 Å². The molecule has 0 bridgehead atoms. The van der Waals surface area contributed by atoms with Crippen LogP contribution in [-0.4, -0.2) is 161 Å². The van der Waals surface area contributed by atoms with Crippen LogP contribution in [0, 0.1) is 65.1 Å². The fourth-order valence-electron chi connectivity index (χ4n) is 19.8. The molecule has 0 aromatic heterocycles. The van der Waals surface area contributed by atoms with Gasteiger partial charge in [-0.05, 0) is 141 Å². The van der Waals surface area contributed by atoms with Crippen molar-refractivity contribution >= 4 is 76.8 Å². The molecule has 11 aliphatic rings. The summed E-state index contributed by atoms with van der Waals surface area (Å²) in [4.78, 5) is 176. The molecule has 0 spiro atoms. The number of aliphatic hydroxyl groups is 1. The summed E-state index contributed by atoms with van der Waals surface area (Å²) in [5.74, 6) is -8.50. The molecule has 0 aromatic carbocycles. The van der Waals surface area contributed by atoms with E-state index in [0.29, 0.717) is 148 Å². The van der Waals surface area contributed by atoms with Crippen molar-refractivity contribution in [2.75, 3.05) is 6.61 Å². The Labute approximate surface area is 580 Å². The van der Waals surface area contributed by atoms with Crippen molar-refractivity contribution < 1.29 is 67.4 Å². The second kappa shape index (κ2) is 33.7. The van der Waals surface area contributed by atoms with Gasteiger partial charge in [0.1, 0.15) is 0 Å². The average molecular weight is 1380 g/mol. The van der Waals surface area contributed by atoms with E-state index < -0.39 is 126 Å². The lowest BCUT2D eigenvalue weighted by Crippen LogP contribution is -2.54. The Balaban J connectivity index is 0.600. The van der Waals surface area contributed by atoms with E-state index in [-0.39, 0.29) is 101 Å². The average Bonchev–Trinajstić information content (AvgIpc) is 1.71. The van der Waals surface area contributed by atoms with E-state index in [1.807, 2.05) is 0 Å². The van der Waals surface area contributed by atoms with Gasteiger partial charge in [0, 0.05) is 79.8 Å². The first-order valence-electron chi connectivity index (χ1n) is 38.2. The summed E-state index contributed by atoms with van der Waals surface area (Å²) in [7, 11) is 0. The van der Waals surface area contributed by atoms with Crippen LogP contribution in [0.5, 0.6) is 0 Å². The normalized spacial score (nSPS) is 36.5. The molecule has 27 nitrogen and oxygen atoms in total. The number of hydrogen-bond donors (Lipinski definition) is 14. The van der Waals surface area contributed by atoms with Crippen molar-refractivity contribution in [2.45, 2.75) is 298 Å². The van der Waals surface area contributed by atoms with Gasteiger partial charge in [0.05, 0.1) is 77.7 Å². The molecular weight excluding hydrogens is 1270 g/mol. The molecule has 548 valence electrons. The van der Waals surface area contributed by atoms with Crippen LogP contribution in [-0.2, 0) is 62.3 Å². The van der Waals surface area contributed by atoms with Crippen LogP contribution < -0.4 is 69.5 Å². The number of rotatable bonds is 26. The number of primary amides is 1. The predicted molar refractivity (Wildman–Crippen MR) is 360 cm³/mol. The highest BCUT2D eigenvalue weighted by atomic mass is 16.3. The van der Waals surface area contributed by atoms with Crippen molar-refractivity contribution in [1.29, 1.82) is 0 Å². The minimum atomic E-state index is -0.846. The highest BCUT2D eigenvalue weighted by Gasteiger charge is 2.48. The van der Waals surface area contributed by atoms with Crippen molar-refractivity contribution in [3.8, 4) is 0 Å². The molecule has 13 amide bonds. The zero-order valence-electron chi connectivity index (χ0n) is 57.9. The molecule has 0 unspecified atom stereocenters. The van der Waals surface area contributed by atoms with Crippen molar-refractivity contribution in [1.82, 2.24) is 63.8 Å². The molecule has 11 aliphatic carbocycles. The fourth-order valence-corrected chi connectivity index (χ4v) is 19.8. The van der Waals surface area contributed by atoms with Crippen LogP contribution >= 0.6 is 0 Å². The maximum Gasteiger partial charge on any atom is 0.225 e. The number of carbonyl (C=O) groups excluding carboxylic acids is 13. The zero-order valence-corrected chi connectivity index (χ0v) is 57.9. The standard InChI is InChI=1S/C72H111N13O14/c1-37(87)74-51-25-3-14-40(51)63(90)75-38(36-86)35-61(88)76-52-26-4-15-41(52)64(91)78-54-28-6-17-43(54)66(93)80-56-30-8-19-45(56)68(95)82-58-32-10-21-47(58)70(97)84-60-34-12-23-49(60)72(99)85-59-33-11-22-48(59)71(98)83-57-31-9-20-46(57)69(96)81-55-29-7-18-44(55)67(94)79-53-27-5-16-42(53)65(92)77-50-24-2-13-39(50)62(73)89/h38-60,86H,2-36H2,1H3,(H2,73,89)(H,74,87)(H,75,90)(H,76,88)(H,77,92)(H,78,91)(H,79,94)(H,80,93)(H,81,96)(H,82,95)(H,83,98)(H,84,97)(H,85,99)/t38-,39+,40+,41+,42+,43+,44+,45+,46+,47+,48+,49+,50+,51+,52+,53+,54+,55+,56+,57+,58+,59+,60+/m1/s1. The summed E-state index contributed by atoms with van der Waals surface area (Å²) >= 11 is 0. The second-order valence-electron chi connectivity index (χ2n) is 31.4. The first-order chi connectivity index (χ1) is 47.7. The fraction of sp³-hybridized carbons (Fsp3) is 0.819. The summed E-state index contributed by atoms with van der Waals surface area (Å²) in [6.07, 6.45) is 21.3. The number of nitrogens with one attached hydrogen (secondary N) is 12. The third-order valence-corrected chi connectivity index (χ3v) is 25.1. The van der Waals surface area contributed by atoms with Crippen LogP contribution in [0.4, 0.5) is 0 Å². The quantitative estimate of drug-likeness (QED) is 0.0584. The van der Waals surface area contributed by atoms with Crippen LogP contribution in [0.3, 0.4) is 0 Å². The molecule has 27 heteroatoms. The van der Waals surface area contributed by atoms with Crippen LogP contribution in [0.1, 0.15) is 225 Å². The zero-order chi connectivity index (χ0) is 70.0. The number of aliphatic hydroxyl groups excluding tert-OH is 1. The van der Waals surface area contributed by atoms with Gasteiger partial charge >= 0.3 is 0 Å². The van der Waals surface area contributed by atoms with E-state index in [4.69, 9.17) is 5.73 Å². The molecule has 11 rings (SSSR count). The highest BCUT2D eigenvalue weighted by molar-refractivity contribution is 5.90. The van der Waals surface area contributed by atoms with E-state index in [2.05, 4.69) is 63.8 Å². The van der Waals surface area contributed by atoms with Gasteiger partial charge in [-0.15, -0.1) is 0 Å². The van der Waals surface area contributed by atoms with Gasteiger partial charge in [-0.2, -0.15) is 0 Å². The van der Waals surface area contributed by atoms with Crippen molar-refractivity contribution in [3.05, 3.63) is 0 Å². The molecule has 0 saturated heterocycles. The van der Waals surface area contributed by atoms with E-state index in [1.54, 1.807) is 0 Å². The molecule has 23 atom stereocenters. The number of amides is 13. The third kappa shape index (κ3) is 17.9. The Morgan fingerprint density at radius 3 is 0.657 bits per heavy atom. The van der Waals surface area contributed by atoms with Gasteiger partial charge in [-0.3, -0.25) is 62.3 Å². The van der Waals surface area contributed by atoms with Gasteiger partial charge in [0.25, 0.3) is 0 Å². The first-order valence-corrected chi connectivity index (χ1v) is 38.2. The lowest BCUT2D eigenvalue weighted by molar-refractivity contribution is -0.133. The second-order valence-corrected chi connectivity index (χ2v) is 31.4. The Hall–Kier alpha value is -6.93. The van der Waals surface area contributed by atoms with E-state index >= 15 is 0 Å². The van der Waals surface area contributed by atoms with Gasteiger partial charge in [-0.25, -0.2) is 0 Å². The molecule has 0 aliphatic heterocycles. The maximum atomic E-state index is 14.2. The van der Waals surface area contributed by atoms with Gasteiger partial charge in [0.15, 0.2) is 0 Å². The molecule has 15 N–H and O–H groups in total. The number of hydrogen-bond acceptors (Lipinski definition) is 14. The Bertz CT molecular complexity index is 3010. The van der Waals surface area contributed by atoms with Gasteiger partial charge in [-0.1, -0.05) is 70.6 Å². The predicted octanol–water partition coefficient (Wildman–Crippen LogP) is 1.49. The summed E-state index contributed by atoms with van der Waals surface area (Å²) in [6, 6.07) is -5.19. The number of carbonyl (C=O) groups is 13. The topological polar surface area (TPSA) is 413 Å². The highest BCUT2D eigenvalue weighted by Crippen LogP contribution is 2.38. The lowest BCUT2D eigenvalue weighted by Gasteiger charge is -2.29. The largest absolute Gasteiger partial charge is 0.394 e. The lowest BCUT2D eigenvalue weighted by atomic mass is 9.95. The first kappa shape index (κ1) is 73.3. The molecule has 0 radical (unpaired) electrons. The summed E-state index contributed by atoms with van der Waals surface area (Å²) in [6.45, 7) is 0.937. The van der Waals surface area contributed by atoms with E-state index in [0.717, 1.165) is 64.2 Å². The SMILES string of the molecule is CC(=O)N[C@H]1CCC[C@@H]1C(=O)N[C@@H](CO)CC(=O)N[C@H]1CCC[C@@H]1C(=O)N[C@H]1CCC[C@@H]1C(=O)N[C@H]1CCC[C@@H]1C(=O)N[C@H]1CCC[C@@H]1C(=O)N[C@H]1CCC[C@@H]1C(=O)N[C@H]1CCC[C@@H]1C(=O)N[C@H]1CCC[C@@H]1C(=O)N[C@H]1CCC[C@@H]1C(=O)N[C@H]1CCC[C@@H]1C(=O)N[C@H]1CCC[C@@H]1C(N)=O. The smallest absolute Gasteiger partial charge is 0.225 e. The van der Waals surface area contributed by atoms with Crippen molar-refractivity contribution in [3.63, 3.8) is 0 Å². The third-order valence-electron chi connectivity index (χ3n) is 25.1. The molecule has 99 heavy (non-hydrogen) atoms. The minimum absolute atomic E-state index is 0.164. The van der Waals surface area contributed by atoms with Crippen molar-refractivity contribution in [2.24, 2.45) is 70.8 Å². The summed E-state index contributed by atoms with van der Waals surface area (Å²) in [5, 5.41) is 47.2. The Morgan fingerprint density at radius 1 is 0.273 bits per heavy atom. The number of nitrogens with two attached hydrogens (primary N) is 1. The molecule has 0 heterocycles. The van der Waals surface area contributed by atoms with Crippen LogP contribution in [0.25, 0.3) is 0 Å². The molecule has 11 saturated carbocycles. The van der Waals surface area contributed by atoms with Crippen LogP contribution in [0.2, 0.25) is 0 Å². The molecule has 11 fully saturated rings. The summed E-state index contributed by atoms with van der Waals surface area (Å²) in [5.41, 5.74) is 5.61. The molecular formula is C72H111N13O14. The minimum Gasteiger partial charge on any atom is -0.394 e. The van der Waals surface area contributed by atoms with E-state index in [9.17, 15) is 67.4 Å². The van der Waals surface area contributed by atoms with Gasteiger partial charge in [0.2, 0.25) is 76.8 Å². The van der Waals surface area contributed by atoms with Crippen LogP contribution in [0.15, 0.2) is 0 Å². The monoisotopic (exact) mass is 1380 g/mol. The summed E-state index contributed by atoms with van der Waals surface area (Å²) < 4.78 is 0. The molecule has 0 aromatic rings.